The van der Waals surface area contributed by atoms with E-state index in [4.69, 9.17) is 0 Å². The van der Waals surface area contributed by atoms with Crippen LogP contribution in [0.15, 0.2) is 42.5 Å². The zero-order chi connectivity index (χ0) is 19.3. The van der Waals surface area contributed by atoms with Crippen LogP contribution in [-0.2, 0) is 6.18 Å². The Morgan fingerprint density at radius 2 is 1.88 bits per heavy atom. The number of nitro benzene ring substituents is 1. The van der Waals surface area contributed by atoms with Gasteiger partial charge in [0.15, 0.2) is 0 Å². The van der Waals surface area contributed by atoms with Crippen LogP contribution >= 0.6 is 0 Å². The van der Waals surface area contributed by atoms with Crippen molar-refractivity contribution in [2.75, 3.05) is 18.4 Å². The largest absolute Gasteiger partial charge is 0.416 e. The van der Waals surface area contributed by atoms with Gasteiger partial charge >= 0.3 is 6.18 Å². The highest BCUT2D eigenvalue weighted by atomic mass is 19.4. The number of hydrogen-bond acceptors (Lipinski definition) is 4. The number of halogens is 3. The molecule has 0 saturated carbocycles. The molecule has 2 rings (SSSR count). The lowest BCUT2D eigenvalue weighted by Crippen LogP contribution is -2.28. The van der Waals surface area contributed by atoms with Crippen molar-refractivity contribution < 1.29 is 22.9 Å². The molecule has 0 atom stereocenters. The molecule has 26 heavy (non-hydrogen) atoms. The number of carbonyl (C=O) groups excluding carboxylic acids is 1. The number of amides is 1. The molecule has 0 spiro atoms. The van der Waals surface area contributed by atoms with Gasteiger partial charge in [0, 0.05) is 24.7 Å². The number of alkyl halides is 3. The van der Waals surface area contributed by atoms with Crippen molar-refractivity contribution in [2.24, 2.45) is 0 Å². The summed E-state index contributed by atoms with van der Waals surface area (Å²) in [6.45, 7) is 2.11. The summed E-state index contributed by atoms with van der Waals surface area (Å²) in [7, 11) is 0. The number of aryl methyl sites for hydroxylation is 1. The first kappa shape index (κ1) is 19.2. The fourth-order valence-corrected chi connectivity index (χ4v) is 2.27. The summed E-state index contributed by atoms with van der Waals surface area (Å²) in [6, 6.07) is 9.20. The van der Waals surface area contributed by atoms with Crippen LogP contribution in [0.3, 0.4) is 0 Å². The van der Waals surface area contributed by atoms with Gasteiger partial charge in [-0.3, -0.25) is 14.9 Å². The Balaban J connectivity index is 1.97. The second-order valence-corrected chi connectivity index (χ2v) is 5.54. The second kappa shape index (κ2) is 7.85. The minimum atomic E-state index is -4.66. The number of nitro groups is 1. The molecular formula is C17H16F3N3O3. The summed E-state index contributed by atoms with van der Waals surface area (Å²) in [5.74, 6) is -0.308. The number of anilines is 1. The first-order valence-corrected chi connectivity index (χ1v) is 7.63. The zero-order valence-corrected chi connectivity index (χ0v) is 13.8. The van der Waals surface area contributed by atoms with E-state index in [1.54, 1.807) is 18.2 Å². The van der Waals surface area contributed by atoms with Gasteiger partial charge in [-0.15, -0.1) is 0 Å². The highest BCUT2D eigenvalue weighted by Crippen LogP contribution is 2.34. The Labute approximate surface area is 147 Å². The molecule has 2 N–H and O–H groups in total. The first-order valence-electron chi connectivity index (χ1n) is 7.63. The van der Waals surface area contributed by atoms with Gasteiger partial charge in [-0.1, -0.05) is 17.7 Å². The minimum Gasteiger partial charge on any atom is -0.378 e. The Hall–Kier alpha value is -3.10. The zero-order valence-electron chi connectivity index (χ0n) is 13.8. The predicted octanol–water partition coefficient (Wildman–Crippen LogP) is 3.76. The molecule has 0 aliphatic rings. The lowest BCUT2D eigenvalue weighted by atomic mass is 10.1. The third kappa shape index (κ3) is 4.95. The molecule has 0 aliphatic heterocycles. The maximum absolute atomic E-state index is 12.7. The van der Waals surface area contributed by atoms with Crippen molar-refractivity contribution in [1.29, 1.82) is 0 Å². The number of rotatable bonds is 6. The van der Waals surface area contributed by atoms with E-state index in [0.717, 1.165) is 17.7 Å². The van der Waals surface area contributed by atoms with Crippen LogP contribution in [0.1, 0.15) is 21.5 Å². The summed E-state index contributed by atoms with van der Waals surface area (Å²) in [4.78, 5) is 22.1. The van der Waals surface area contributed by atoms with Gasteiger partial charge in [0.25, 0.3) is 11.6 Å². The molecule has 0 fully saturated rings. The van der Waals surface area contributed by atoms with Gasteiger partial charge < -0.3 is 10.6 Å². The molecule has 0 heterocycles. The van der Waals surface area contributed by atoms with Crippen LogP contribution in [-0.4, -0.2) is 23.9 Å². The molecule has 1 amide bonds. The minimum absolute atomic E-state index is 0.0483. The van der Waals surface area contributed by atoms with Crippen LogP contribution < -0.4 is 10.6 Å². The molecular weight excluding hydrogens is 351 g/mol. The molecule has 0 unspecified atom stereocenters. The van der Waals surface area contributed by atoms with Crippen molar-refractivity contribution in [1.82, 2.24) is 5.32 Å². The Bertz CT molecular complexity index is 822. The van der Waals surface area contributed by atoms with Gasteiger partial charge in [0.2, 0.25) is 0 Å². The van der Waals surface area contributed by atoms with Crippen molar-refractivity contribution in [3.63, 3.8) is 0 Å². The van der Waals surface area contributed by atoms with Crippen molar-refractivity contribution in [3.8, 4) is 0 Å². The van der Waals surface area contributed by atoms with E-state index in [0.29, 0.717) is 11.6 Å². The lowest BCUT2D eigenvalue weighted by Gasteiger charge is -2.11. The van der Waals surface area contributed by atoms with Gasteiger partial charge in [0.05, 0.1) is 10.5 Å². The molecule has 9 heteroatoms. The van der Waals surface area contributed by atoms with Crippen molar-refractivity contribution in [2.45, 2.75) is 13.1 Å². The highest BCUT2D eigenvalue weighted by molar-refractivity contribution is 5.94. The first-order chi connectivity index (χ1) is 12.2. The average Bonchev–Trinajstić information content (AvgIpc) is 2.57. The third-order valence-electron chi connectivity index (χ3n) is 3.53. The number of hydrogen-bond donors (Lipinski definition) is 2. The molecule has 6 nitrogen and oxygen atoms in total. The quantitative estimate of drug-likeness (QED) is 0.463. The lowest BCUT2D eigenvalue weighted by molar-refractivity contribution is -0.384. The maximum Gasteiger partial charge on any atom is 0.416 e. The molecule has 0 radical (unpaired) electrons. The third-order valence-corrected chi connectivity index (χ3v) is 3.53. The highest BCUT2D eigenvalue weighted by Gasteiger charge is 2.32. The fourth-order valence-electron chi connectivity index (χ4n) is 2.27. The van der Waals surface area contributed by atoms with Crippen LogP contribution in [0.2, 0.25) is 0 Å². The molecule has 0 aromatic heterocycles. The predicted molar refractivity (Wildman–Crippen MR) is 90.1 cm³/mol. The van der Waals surface area contributed by atoms with E-state index in [1.165, 1.54) is 0 Å². The molecule has 2 aromatic carbocycles. The molecule has 2 aromatic rings. The molecule has 0 aliphatic carbocycles. The van der Waals surface area contributed by atoms with Crippen LogP contribution in [0.25, 0.3) is 0 Å². The molecule has 0 saturated heterocycles. The standard InChI is InChI=1S/C17H16F3N3O3/c1-11-3-2-4-12(9-11)16(24)22-8-7-21-14-6-5-13(17(18,19)20)10-15(14)23(25)26/h2-6,9-10,21H,7-8H2,1H3,(H,22,24). The fraction of sp³-hybridized carbons (Fsp3) is 0.235. The van der Waals surface area contributed by atoms with E-state index in [2.05, 4.69) is 10.6 Å². The van der Waals surface area contributed by atoms with E-state index < -0.39 is 22.4 Å². The Morgan fingerprint density at radius 1 is 1.15 bits per heavy atom. The van der Waals surface area contributed by atoms with E-state index in [1.807, 2.05) is 13.0 Å². The summed E-state index contributed by atoms with van der Waals surface area (Å²) < 4.78 is 38.0. The Morgan fingerprint density at radius 3 is 2.50 bits per heavy atom. The van der Waals surface area contributed by atoms with E-state index in [9.17, 15) is 28.1 Å². The Kier molecular flexibility index (Phi) is 5.81. The van der Waals surface area contributed by atoms with Gasteiger partial charge in [0.1, 0.15) is 5.69 Å². The SMILES string of the molecule is Cc1cccc(C(=O)NCCNc2ccc(C(F)(F)F)cc2[N+](=O)[O-])c1. The number of benzene rings is 2. The average molecular weight is 367 g/mol. The molecule has 138 valence electrons. The maximum atomic E-state index is 12.7. The van der Waals surface area contributed by atoms with Crippen molar-refractivity contribution >= 4 is 17.3 Å². The second-order valence-electron chi connectivity index (χ2n) is 5.54. The monoisotopic (exact) mass is 367 g/mol. The summed E-state index contributed by atoms with van der Waals surface area (Å²) in [5.41, 5.74) is -0.415. The summed E-state index contributed by atoms with van der Waals surface area (Å²) in [5, 5.41) is 16.3. The summed E-state index contributed by atoms with van der Waals surface area (Å²) in [6.07, 6.45) is -4.66. The topological polar surface area (TPSA) is 84.3 Å². The normalized spacial score (nSPS) is 11.1. The summed E-state index contributed by atoms with van der Waals surface area (Å²) >= 11 is 0. The number of nitrogens with zero attached hydrogens (tertiary/aromatic N) is 1. The number of nitrogens with one attached hydrogen (secondary N) is 2. The van der Waals surface area contributed by atoms with Gasteiger partial charge in [-0.05, 0) is 31.2 Å². The van der Waals surface area contributed by atoms with Crippen LogP contribution in [0.5, 0.6) is 0 Å². The van der Waals surface area contributed by atoms with Crippen LogP contribution in [0, 0.1) is 17.0 Å². The smallest absolute Gasteiger partial charge is 0.378 e. The van der Waals surface area contributed by atoms with Crippen molar-refractivity contribution in [3.05, 3.63) is 69.3 Å². The van der Waals surface area contributed by atoms with Gasteiger partial charge in [-0.25, -0.2) is 0 Å². The molecule has 0 bridgehead atoms. The van der Waals surface area contributed by atoms with Crippen LogP contribution in [0.4, 0.5) is 24.5 Å². The van der Waals surface area contributed by atoms with E-state index >= 15 is 0 Å². The number of carbonyl (C=O) groups is 1. The van der Waals surface area contributed by atoms with E-state index in [-0.39, 0.29) is 24.7 Å². The van der Waals surface area contributed by atoms with Gasteiger partial charge in [-0.2, -0.15) is 13.2 Å².